The van der Waals surface area contributed by atoms with Crippen LogP contribution in [0.15, 0.2) is 54.6 Å². The minimum Gasteiger partial charge on any atom is -0.497 e. The molecule has 1 atom stereocenters. The first-order valence-electron chi connectivity index (χ1n) is 6.82. The highest BCUT2D eigenvalue weighted by atomic mass is 16.5. The van der Waals surface area contributed by atoms with Crippen molar-refractivity contribution in [1.82, 2.24) is 5.32 Å². The lowest BCUT2D eigenvalue weighted by molar-refractivity contribution is -0.137. The lowest BCUT2D eigenvalue weighted by Crippen LogP contribution is -2.30. The molecular weight excluding hydrogens is 282 g/mol. The van der Waals surface area contributed by atoms with Gasteiger partial charge in [-0.3, -0.25) is 9.59 Å². The van der Waals surface area contributed by atoms with E-state index in [2.05, 4.69) is 5.32 Å². The number of hydrogen-bond acceptors (Lipinski definition) is 3. The Labute approximate surface area is 128 Å². The van der Waals surface area contributed by atoms with Crippen molar-refractivity contribution >= 4 is 11.9 Å². The topological polar surface area (TPSA) is 75.6 Å². The first kappa shape index (κ1) is 15.6. The number of rotatable bonds is 6. The van der Waals surface area contributed by atoms with Gasteiger partial charge >= 0.3 is 5.97 Å². The van der Waals surface area contributed by atoms with Crippen molar-refractivity contribution in [3.63, 3.8) is 0 Å². The number of aliphatic carboxylic acids is 1. The summed E-state index contributed by atoms with van der Waals surface area (Å²) in [5.41, 5.74) is 1.21. The van der Waals surface area contributed by atoms with E-state index in [-0.39, 0.29) is 12.3 Å². The summed E-state index contributed by atoms with van der Waals surface area (Å²) in [6, 6.07) is 15.1. The number of benzene rings is 2. The minimum atomic E-state index is -0.978. The van der Waals surface area contributed by atoms with Gasteiger partial charge in [-0.05, 0) is 29.8 Å². The number of carbonyl (C=O) groups is 2. The predicted molar refractivity (Wildman–Crippen MR) is 81.9 cm³/mol. The molecule has 0 unspecified atom stereocenters. The second kappa shape index (κ2) is 7.26. The summed E-state index contributed by atoms with van der Waals surface area (Å²) in [6.07, 6.45) is -0.190. The first-order chi connectivity index (χ1) is 10.6. The largest absolute Gasteiger partial charge is 0.497 e. The van der Waals surface area contributed by atoms with E-state index in [0.717, 1.165) is 0 Å². The van der Waals surface area contributed by atoms with E-state index >= 15 is 0 Å². The number of carbonyl (C=O) groups excluding carboxylic acids is 1. The zero-order valence-electron chi connectivity index (χ0n) is 12.2. The molecule has 0 aliphatic carbocycles. The number of carboxylic acid groups (broad SMARTS) is 1. The third-order valence-corrected chi connectivity index (χ3v) is 3.24. The molecule has 0 saturated carbocycles. The van der Waals surface area contributed by atoms with Crippen molar-refractivity contribution in [3.8, 4) is 5.75 Å². The first-order valence-corrected chi connectivity index (χ1v) is 6.82. The third-order valence-electron chi connectivity index (χ3n) is 3.24. The second-order valence-electron chi connectivity index (χ2n) is 4.76. The number of methoxy groups -OCH3 is 1. The summed E-state index contributed by atoms with van der Waals surface area (Å²) < 4.78 is 5.08. The van der Waals surface area contributed by atoms with E-state index in [1.54, 1.807) is 55.6 Å². The Bertz CT molecular complexity index is 637. The van der Waals surface area contributed by atoms with Crippen LogP contribution in [0.25, 0.3) is 0 Å². The zero-order chi connectivity index (χ0) is 15.9. The molecule has 0 heterocycles. The summed E-state index contributed by atoms with van der Waals surface area (Å²) in [6.45, 7) is 0. The van der Waals surface area contributed by atoms with Crippen LogP contribution in [0.3, 0.4) is 0 Å². The molecule has 0 fully saturated rings. The molecule has 22 heavy (non-hydrogen) atoms. The van der Waals surface area contributed by atoms with Gasteiger partial charge in [-0.25, -0.2) is 0 Å². The SMILES string of the molecule is COc1ccc([C@@H](CC(=O)O)NC(=O)c2ccccc2)cc1. The smallest absolute Gasteiger partial charge is 0.305 e. The van der Waals surface area contributed by atoms with Crippen molar-refractivity contribution in [3.05, 3.63) is 65.7 Å². The molecule has 2 aromatic rings. The molecule has 0 aliphatic heterocycles. The lowest BCUT2D eigenvalue weighted by Gasteiger charge is -2.18. The van der Waals surface area contributed by atoms with Crippen LogP contribution >= 0.6 is 0 Å². The standard InChI is InChI=1S/C17H17NO4/c1-22-14-9-7-12(8-10-14)15(11-16(19)20)18-17(21)13-5-3-2-4-6-13/h2-10,15H,11H2,1H3,(H,18,21)(H,19,20)/t15-/m1/s1. The van der Waals surface area contributed by atoms with Crippen LogP contribution in [0.5, 0.6) is 5.75 Å². The van der Waals surface area contributed by atoms with Crippen molar-refractivity contribution in [2.24, 2.45) is 0 Å². The van der Waals surface area contributed by atoms with Gasteiger partial charge in [0.05, 0.1) is 19.6 Å². The van der Waals surface area contributed by atoms with Gasteiger partial charge in [-0.15, -0.1) is 0 Å². The Morgan fingerprint density at radius 3 is 2.27 bits per heavy atom. The van der Waals surface area contributed by atoms with Crippen LogP contribution in [0.2, 0.25) is 0 Å². The fraction of sp³-hybridized carbons (Fsp3) is 0.176. The molecule has 0 bridgehead atoms. The van der Waals surface area contributed by atoms with Crippen LogP contribution in [0, 0.1) is 0 Å². The molecule has 0 aromatic heterocycles. The van der Waals surface area contributed by atoms with E-state index in [1.807, 2.05) is 6.07 Å². The zero-order valence-corrected chi connectivity index (χ0v) is 12.2. The number of carboxylic acids is 1. The van der Waals surface area contributed by atoms with E-state index in [0.29, 0.717) is 16.9 Å². The Balaban J connectivity index is 2.18. The molecule has 2 N–H and O–H groups in total. The molecule has 2 aromatic carbocycles. The molecule has 114 valence electrons. The van der Waals surface area contributed by atoms with Crippen molar-refractivity contribution in [2.75, 3.05) is 7.11 Å². The van der Waals surface area contributed by atoms with Crippen molar-refractivity contribution < 1.29 is 19.4 Å². The maximum atomic E-state index is 12.2. The van der Waals surface area contributed by atoms with Gasteiger partial charge in [0.15, 0.2) is 0 Å². The number of nitrogens with one attached hydrogen (secondary N) is 1. The maximum absolute atomic E-state index is 12.2. The fourth-order valence-electron chi connectivity index (χ4n) is 2.09. The number of amides is 1. The average Bonchev–Trinajstić information content (AvgIpc) is 2.54. The maximum Gasteiger partial charge on any atom is 0.305 e. The molecule has 5 heteroatoms. The fourth-order valence-corrected chi connectivity index (χ4v) is 2.09. The lowest BCUT2D eigenvalue weighted by atomic mass is 10.0. The Morgan fingerprint density at radius 2 is 1.73 bits per heavy atom. The van der Waals surface area contributed by atoms with E-state index < -0.39 is 12.0 Å². The summed E-state index contributed by atoms with van der Waals surface area (Å²) >= 11 is 0. The van der Waals surface area contributed by atoms with Gasteiger partial charge in [0.25, 0.3) is 5.91 Å². The molecule has 0 spiro atoms. The highest BCUT2D eigenvalue weighted by Gasteiger charge is 2.18. The molecule has 0 aliphatic rings. The van der Waals surface area contributed by atoms with Crippen LogP contribution in [0.1, 0.15) is 28.4 Å². The third kappa shape index (κ3) is 4.09. The molecule has 0 saturated heterocycles. The number of ether oxygens (including phenoxy) is 1. The molecular formula is C17H17NO4. The van der Waals surface area contributed by atoms with Crippen molar-refractivity contribution in [1.29, 1.82) is 0 Å². The van der Waals surface area contributed by atoms with E-state index in [4.69, 9.17) is 9.84 Å². The van der Waals surface area contributed by atoms with Crippen LogP contribution in [-0.4, -0.2) is 24.1 Å². The van der Waals surface area contributed by atoms with Crippen molar-refractivity contribution in [2.45, 2.75) is 12.5 Å². The second-order valence-corrected chi connectivity index (χ2v) is 4.76. The highest BCUT2D eigenvalue weighted by molar-refractivity contribution is 5.94. The minimum absolute atomic E-state index is 0.190. The predicted octanol–water partition coefficient (Wildman–Crippen LogP) is 2.64. The summed E-state index contributed by atoms with van der Waals surface area (Å²) in [5.74, 6) is -0.607. The molecule has 2 rings (SSSR count). The normalized spacial score (nSPS) is 11.5. The van der Waals surface area contributed by atoms with E-state index in [1.165, 1.54) is 0 Å². The summed E-state index contributed by atoms with van der Waals surface area (Å²) in [7, 11) is 1.56. The van der Waals surface area contributed by atoms with E-state index in [9.17, 15) is 9.59 Å². The van der Waals surface area contributed by atoms with Gasteiger partial charge < -0.3 is 15.2 Å². The Hall–Kier alpha value is -2.82. The van der Waals surface area contributed by atoms with Gasteiger partial charge in [-0.1, -0.05) is 30.3 Å². The quantitative estimate of drug-likeness (QED) is 0.859. The van der Waals surface area contributed by atoms with Crippen LogP contribution < -0.4 is 10.1 Å². The van der Waals surface area contributed by atoms with Gasteiger partial charge in [0.1, 0.15) is 5.75 Å². The van der Waals surface area contributed by atoms with Gasteiger partial charge in [-0.2, -0.15) is 0 Å². The van der Waals surface area contributed by atoms with Crippen LogP contribution in [-0.2, 0) is 4.79 Å². The van der Waals surface area contributed by atoms with Crippen LogP contribution in [0.4, 0.5) is 0 Å². The summed E-state index contributed by atoms with van der Waals surface area (Å²) in [4.78, 5) is 23.3. The molecule has 5 nitrogen and oxygen atoms in total. The number of hydrogen-bond donors (Lipinski definition) is 2. The molecule has 1 amide bonds. The Kier molecular flexibility index (Phi) is 5.14. The van der Waals surface area contributed by atoms with Gasteiger partial charge in [0, 0.05) is 5.56 Å². The summed E-state index contributed by atoms with van der Waals surface area (Å²) in [5, 5.41) is 11.8. The average molecular weight is 299 g/mol. The monoisotopic (exact) mass is 299 g/mol. The highest BCUT2D eigenvalue weighted by Crippen LogP contribution is 2.21. The van der Waals surface area contributed by atoms with Gasteiger partial charge in [0.2, 0.25) is 0 Å². The Morgan fingerprint density at radius 1 is 1.09 bits per heavy atom. The molecule has 0 radical (unpaired) electrons.